The zero-order chi connectivity index (χ0) is 24.3. The third-order valence-corrected chi connectivity index (χ3v) is 5.91. The van der Waals surface area contributed by atoms with Crippen molar-refractivity contribution < 1.29 is 22.8 Å². The summed E-state index contributed by atoms with van der Waals surface area (Å²) in [4.78, 5) is 27.0. The van der Waals surface area contributed by atoms with Crippen molar-refractivity contribution in [2.45, 2.75) is 25.1 Å². The Morgan fingerprint density at radius 2 is 1.65 bits per heavy atom. The van der Waals surface area contributed by atoms with Crippen LogP contribution >= 0.6 is 11.6 Å². The molecule has 3 aromatic rings. The molecule has 0 radical (unpaired) electrons. The normalized spacial score (nSPS) is 16.3. The lowest BCUT2D eigenvalue weighted by Gasteiger charge is -2.32. The van der Waals surface area contributed by atoms with E-state index in [2.05, 4.69) is 10.6 Å². The van der Waals surface area contributed by atoms with Crippen LogP contribution in [0.15, 0.2) is 72.8 Å². The zero-order valence-corrected chi connectivity index (χ0v) is 18.7. The van der Waals surface area contributed by atoms with E-state index in [9.17, 15) is 22.8 Å². The number of piperidine rings is 1. The number of nitrogens with one attached hydrogen (secondary N) is 2. The van der Waals surface area contributed by atoms with Gasteiger partial charge in [-0.05, 0) is 60.9 Å². The lowest BCUT2D eigenvalue weighted by atomic mass is 10.0. The molecule has 3 amide bonds. The Kier molecular flexibility index (Phi) is 6.79. The third-order valence-electron chi connectivity index (χ3n) is 5.58. The molecule has 0 bridgehead atoms. The maximum Gasteiger partial charge on any atom is 0.416 e. The topological polar surface area (TPSA) is 61.4 Å². The fourth-order valence-corrected chi connectivity index (χ4v) is 4.09. The van der Waals surface area contributed by atoms with E-state index in [-0.39, 0.29) is 11.6 Å². The Hall–Kier alpha value is -3.52. The van der Waals surface area contributed by atoms with E-state index in [1.54, 1.807) is 4.90 Å². The number of nitrogens with zero attached hydrogens (tertiary/aromatic N) is 1. The highest BCUT2D eigenvalue weighted by Gasteiger charge is 2.32. The van der Waals surface area contributed by atoms with E-state index >= 15 is 0 Å². The van der Waals surface area contributed by atoms with Gasteiger partial charge in [-0.1, -0.05) is 41.9 Å². The van der Waals surface area contributed by atoms with Crippen molar-refractivity contribution in [1.82, 2.24) is 5.32 Å². The summed E-state index contributed by atoms with van der Waals surface area (Å²) in [6, 6.07) is 17.6. The number of rotatable bonds is 4. The number of carbonyl (C=O) groups excluding carboxylic acids is 2. The Morgan fingerprint density at radius 3 is 2.29 bits per heavy atom. The van der Waals surface area contributed by atoms with E-state index < -0.39 is 23.8 Å². The van der Waals surface area contributed by atoms with Crippen LogP contribution in [0, 0.1) is 0 Å². The van der Waals surface area contributed by atoms with Gasteiger partial charge in [-0.25, -0.2) is 4.79 Å². The summed E-state index contributed by atoms with van der Waals surface area (Å²) in [7, 11) is 0. The van der Waals surface area contributed by atoms with Gasteiger partial charge in [0.15, 0.2) is 0 Å². The minimum Gasteiger partial charge on any atom is -0.326 e. The molecule has 3 aromatic carbocycles. The van der Waals surface area contributed by atoms with Crippen LogP contribution in [-0.4, -0.2) is 24.5 Å². The molecule has 34 heavy (non-hydrogen) atoms. The van der Waals surface area contributed by atoms with Crippen molar-refractivity contribution in [3.05, 3.63) is 83.4 Å². The first-order valence-electron chi connectivity index (χ1n) is 10.6. The molecule has 176 valence electrons. The second-order valence-electron chi connectivity index (χ2n) is 7.88. The quantitative estimate of drug-likeness (QED) is 0.451. The van der Waals surface area contributed by atoms with Gasteiger partial charge in [0.05, 0.1) is 5.56 Å². The van der Waals surface area contributed by atoms with Crippen molar-refractivity contribution in [2.75, 3.05) is 16.8 Å². The van der Waals surface area contributed by atoms with E-state index in [1.165, 1.54) is 0 Å². The van der Waals surface area contributed by atoms with Crippen molar-refractivity contribution in [3.8, 4) is 11.1 Å². The van der Waals surface area contributed by atoms with Crippen LogP contribution in [0.2, 0.25) is 5.02 Å². The Labute approximate surface area is 199 Å². The number of anilines is 2. The molecule has 4 rings (SSSR count). The zero-order valence-electron chi connectivity index (χ0n) is 17.9. The number of amides is 3. The van der Waals surface area contributed by atoms with Crippen LogP contribution in [-0.2, 0) is 11.0 Å². The average molecular weight is 488 g/mol. The number of hydrogen-bond donors (Lipinski definition) is 2. The number of urea groups is 1. The number of benzene rings is 3. The molecule has 0 unspecified atom stereocenters. The molecule has 5 nitrogen and oxygen atoms in total. The molecule has 0 aromatic heterocycles. The van der Waals surface area contributed by atoms with Gasteiger partial charge in [-0.2, -0.15) is 13.2 Å². The molecular formula is C25H21ClF3N3O2. The van der Waals surface area contributed by atoms with E-state index in [0.29, 0.717) is 30.1 Å². The average Bonchev–Trinajstić information content (AvgIpc) is 2.81. The molecule has 9 heteroatoms. The second kappa shape index (κ2) is 9.77. The molecule has 1 saturated heterocycles. The van der Waals surface area contributed by atoms with Crippen molar-refractivity contribution in [3.63, 3.8) is 0 Å². The highest BCUT2D eigenvalue weighted by atomic mass is 35.5. The first kappa shape index (κ1) is 23.6. The molecule has 0 spiro atoms. The van der Waals surface area contributed by atoms with E-state index in [1.807, 2.05) is 48.5 Å². The maximum absolute atomic E-state index is 13.0. The fourth-order valence-electron chi connectivity index (χ4n) is 3.85. The number of alkyl halides is 3. The largest absolute Gasteiger partial charge is 0.416 e. The first-order chi connectivity index (χ1) is 16.2. The molecule has 1 fully saturated rings. The van der Waals surface area contributed by atoms with Crippen LogP contribution in [0.1, 0.15) is 18.4 Å². The van der Waals surface area contributed by atoms with Gasteiger partial charge in [-0.3, -0.25) is 4.79 Å². The van der Waals surface area contributed by atoms with Crippen molar-refractivity contribution in [1.29, 1.82) is 0 Å². The minimum atomic E-state index is -4.45. The van der Waals surface area contributed by atoms with Gasteiger partial charge < -0.3 is 15.5 Å². The fraction of sp³-hybridized carbons (Fsp3) is 0.200. The van der Waals surface area contributed by atoms with Gasteiger partial charge in [0.25, 0.3) is 0 Å². The molecule has 1 atom stereocenters. The van der Waals surface area contributed by atoms with E-state index in [0.717, 1.165) is 35.4 Å². The molecule has 1 heterocycles. The van der Waals surface area contributed by atoms with Crippen LogP contribution in [0.5, 0.6) is 0 Å². The van der Waals surface area contributed by atoms with Gasteiger partial charge in [0.1, 0.15) is 6.04 Å². The summed E-state index contributed by atoms with van der Waals surface area (Å²) < 4.78 is 38.1. The highest BCUT2D eigenvalue weighted by molar-refractivity contribution is 6.33. The van der Waals surface area contributed by atoms with Gasteiger partial charge >= 0.3 is 12.2 Å². The summed E-state index contributed by atoms with van der Waals surface area (Å²) in [5.41, 5.74) is 1.90. The molecule has 0 aliphatic carbocycles. The lowest BCUT2D eigenvalue weighted by Crippen LogP contribution is -2.53. The Morgan fingerprint density at radius 1 is 0.971 bits per heavy atom. The number of halogens is 4. The molecular weight excluding hydrogens is 467 g/mol. The molecule has 0 saturated carbocycles. The lowest BCUT2D eigenvalue weighted by molar-refractivity contribution is -0.137. The van der Waals surface area contributed by atoms with Crippen LogP contribution < -0.4 is 15.5 Å². The monoisotopic (exact) mass is 487 g/mol. The Balaban J connectivity index is 1.40. The predicted octanol–water partition coefficient (Wildman–Crippen LogP) is 6.34. The van der Waals surface area contributed by atoms with Crippen molar-refractivity contribution in [2.24, 2.45) is 0 Å². The standard InChI is InChI=1S/C25H21ClF3N3O2/c26-21-5-2-1-4-20(21)16-7-13-19(14-8-16)32-15-3-6-22(23(32)33)31-24(34)30-18-11-9-17(10-12-18)25(27,28)29/h1-2,4-5,7-14,22H,3,6,15H2,(H2,30,31,34)/t22-/m1/s1. The van der Waals surface area contributed by atoms with Crippen LogP contribution in [0.4, 0.5) is 29.3 Å². The van der Waals surface area contributed by atoms with Crippen LogP contribution in [0.25, 0.3) is 11.1 Å². The summed E-state index contributed by atoms with van der Waals surface area (Å²) in [5, 5.41) is 5.73. The third kappa shape index (κ3) is 5.34. The summed E-state index contributed by atoms with van der Waals surface area (Å²) >= 11 is 6.26. The van der Waals surface area contributed by atoms with Gasteiger partial charge in [0, 0.05) is 28.5 Å². The highest BCUT2D eigenvalue weighted by Crippen LogP contribution is 2.31. The summed E-state index contributed by atoms with van der Waals surface area (Å²) in [6.07, 6.45) is -3.30. The first-order valence-corrected chi connectivity index (χ1v) is 11.0. The van der Waals surface area contributed by atoms with E-state index in [4.69, 9.17) is 11.6 Å². The predicted molar refractivity (Wildman–Crippen MR) is 126 cm³/mol. The number of carbonyl (C=O) groups is 2. The smallest absolute Gasteiger partial charge is 0.326 e. The molecule has 1 aliphatic rings. The van der Waals surface area contributed by atoms with Gasteiger partial charge in [-0.15, -0.1) is 0 Å². The summed E-state index contributed by atoms with van der Waals surface area (Å²) in [6.45, 7) is 0.517. The van der Waals surface area contributed by atoms with Gasteiger partial charge in [0.2, 0.25) is 5.91 Å². The number of hydrogen-bond acceptors (Lipinski definition) is 2. The summed E-state index contributed by atoms with van der Waals surface area (Å²) in [5.74, 6) is -0.251. The Bertz CT molecular complexity index is 1180. The molecule has 2 N–H and O–H groups in total. The second-order valence-corrected chi connectivity index (χ2v) is 8.29. The maximum atomic E-state index is 13.0. The van der Waals surface area contributed by atoms with Crippen LogP contribution in [0.3, 0.4) is 0 Å². The SMILES string of the molecule is O=C(Nc1ccc(C(F)(F)F)cc1)N[C@@H]1CCCN(c2ccc(-c3ccccc3Cl)cc2)C1=O. The molecule has 1 aliphatic heterocycles. The minimum absolute atomic E-state index is 0.195. The van der Waals surface area contributed by atoms with Crippen molar-refractivity contribution >= 4 is 34.9 Å².